The molecule has 194 valence electrons. The zero-order valence-corrected chi connectivity index (χ0v) is 22.0. The summed E-state index contributed by atoms with van der Waals surface area (Å²) < 4.78 is 54.4. The number of anilines is 1. The number of sulfone groups is 1. The monoisotopic (exact) mass is 546 g/mol. The van der Waals surface area contributed by atoms with Gasteiger partial charge in [0.15, 0.2) is 15.6 Å². The van der Waals surface area contributed by atoms with Crippen molar-refractivity contribution in [3.05, 3.63) is 76.7 Å². The van der Waals surface area contributed by atoms with Gasteiger partial charge in [-0.15, -0.1) is 0 Å². The van der Waals surface area contributed by atoms with Crippen LogP contribution in [-0.4, -0.2) is 46.8 Å². The minimum Gasteiger partial charge on any atom is -0.497 e. The number of fused-ring (bicyclic) bond motifs is 1. The van der Waals surface area contributed by atoms with E-state index in [2.05, 4.69) is 10.3 Å². The van der Waals surface area contributed by atoms with Gasteiger partial charge in [0.2, 0.25) is 0 Å². The van der Waals surface area contributed by atoms with E-state index in [9.17, 15) is 17.6 Å². The number of carbonyl (C=O) groups is 1. The molecule has 1 heterocycles. The van der Waals surface area contributed by atoms with E-state index in [-0.39, 0.29) is 16.4 Å². The summed E-state index contributed by atoms with van der Waals surface area (Å²) in [4.78, 5) is 17.0. The lowest BCUT2D eigenvalue weighted by Crippen LogP contribution is -2.22. The third-order valence-electron chi connectivity index (χ3n) is 5.87. The number of rotatable bonds is 9. The van der Waals surface area contributed by atoms with Crippen LogP contribution in [0.25, 0.3) is 10.9 Å². The second-order valence-electron chi connectivity index (χ2n) is 8.20. The molecule has 0 radical (unpaired) electrons. The highest BCUT2D eigenvalue weighted by Crippen LogP contribution is 2.37. The van der Waals surface area contributed by atoms with Gasteiger partial charge in [-0.3, -0.25) is 4.79 Å². The zero-order valence-electron chi connectivity index (χ0n) is 20.4. The first-order valence-corrected chi connectivity index (χ1v) is 13.2. The third kappa shape index (κ3) is 5.21. The molecule has 4 aromatic rings. The van der Waals surface area contributed by atoms with Crippen LogP contribution in [0.3, 0.4) is 0 Å². The molecule has 11 heteroatoms. The van der Waals surface area contributed by atoms with Gasteiger partial charge in [0.25, 0.3) is 0 Å². The highest BCUT2D eigenvalue weighted by molar-refractivity contribution is 7.90. The Labute approximate surface area is 218 Å². The number of carbonyl (C=O) groups excluding carboxylic acids is 1. The van der Waals surface area contributed by atoms with Crippen molar-refractivity contribution in [2.45, 2.75) is 10.9 Å². The fraction of sp³-hybridized carbons (Fsp3) is 0.192. The van der Waals surface area contributed by atoms with Crippen LogP contribution >= 0.6 is 11.6 Å². The summed E-state index contributed by atoms with van der Waals surface area (Å²) in [6.45, 7) is 0. The summed E-state index contributed by atoms with van der Waals surface area (Å²) in [6, 6.07) is 10.4. The number of nitrogens with one attached hydrogen (secondary N) is 2. The molecule has 2 N–H and O–H groups in total. The summed E-state index contributed by atoms with van der Waals surface area (Å²) in [5, 5.41) is 3.96. The van der Waals surface area contributed by atoms with Crippen LogP contribution in [-0.2, 0) is 9.84 Å². The summed E-state index contributed by atoms with van der Waals surface area (Å²) in [5.74, 6) is -0.0977. The van der Waals surface area contributed by atoms with Gasteiger partial charge in [-0.25, -0.2) is 12.8 Å². The summed E-state index contributed by atoms with van der Waals surface area (Å²) >= 11 is 6.43. The third-order valence-corrected chi connectivity index (χ3v) is 7.33. The number of hydrogen-bond donors (Lipinski definition) is 2. The van der Waals surface area contributed by atoms with Crippen molar-refractivity contribution in [2.75, 3.05) is 32.9 Å². The molecule has 0 aliphatic carbocycles. The Morgan fingerprint density at radius 2 is 1.73 bits per heavy atom. The molecular formula is C26H24ClFN2O6S. The molecule has 1 unspecified atom stereocenters. The van der Waals surface area contributed by atoms with Gasteiger partial charge >= 0.3 is 0 Å². The van der Waals surface area contributed by atoms with Gasteiger partial charge in [0.05, 0.1) is 31.7 Å². The summed E-state index contributed by atoms with van der Waals surface area (Å²) in [6.07, 6.45) is 2.59. The molecule has 1 aromatic heterocycles. The van der Waals surface area contributed by atoms with Gasteiger partial charge in [0.1, 0.15) is 34.1 Å². The standard InChI is InChI=1S/C26H24ClFN2O6S/c1-34-16-10-15(11-17(12-16)37(4,32)33)30-25(19-6-5-14(28)9-22(19)36-3)26(31)20-13-29-24-18(20)7-8-21(35-2)23(24)27/h5-13,25,29-30H,1-4H3. The molecule has 37 heavy (non-hydrogen) atoms. The molecule has 0 aliphatic heterocycles. The lowest BCUT2D eigenvalue weighted by molar-refractivity contribution is 0.0970. The van der Waals surface area contributed by atoms with E-state index in [1.165, 1.54) is 57.9 Å². The summed E-state index contributed by atoms with van der Waals surface area (Å²) in [5.41, 5.74) is 1.44. The molecule has 0 bridgehead atoms. The second kappa shape index (κ2) is 10.3. The average Bonchev–Trinajstić information content (AvgIpc) is 3.31. The van der Waals surface area contributed by atoms with Crippen LogP contribution in [0.1, 0.15) is 22.0 Å². The Morgan fingerprint density at radius 3 is 2.38 bits per heavy atom. The Hall–Kier alpha value is -3.76. The topological polar surface area (TPSA) is 107 Å². The van der Waals surface area contributed by atoms with E-state index in [1.54, 1.807) is 18.2 Å². The van der Waals surface area contributed by atoms with Crippen LogP contribution in [0, 0.1) is 5.82 Å². The number of ketones is 1. The number of Topliss-reactive ketones (excluding diaryl/α,β-unsaturated/α-hetero) is 1. The largest absolute Gasteiger partial charge is 0.497 e. The normalized spacial score (nSPS) is 12.3. The lowest BCUT2D eigenvalue weighted by Gasteiger charge is -2.22. The fourth-order valence-corrected chi connectivity index (χ4v) is 4.99. The number of aromatic nitrogens is 1. The molecule has 8 nitrogen and oxygen atoms in total. The van der Waals surface area contributed by atoms with Crippen LogP contribution in [0.2, 0.25) is 5.02 Å². The van der Waals surface area contributed by atoms with E-state index in [4.69, 9.17) is 25.8 Å². The number of benzene rings is 3. The number of methoxy groups -OCH3 is 3. The van der Waals surface area contributed by atoms with E-state index >= 15 is 0 Å². The molecule has 0 spiro atoms. The lowest BCUT2D eigenvalue weighted by atomic mass is 9.95. The molecular weight excluding hydrogens is 523 g/mol. The molecule has 0 fully saturated rings. The number of H-pyrrole nitrogens is 1. The minimum atomic E-state index is -3.59. The Morgan fingerprint density at radius 1 is 1.00 bits per heavy atom. The van der Waals surface area contributed by atoms with Crippen LogP contribution in [0.4, 0.5) is 10.1 Å². The molecule has 0 saturated heterocycles. The van der Waals surface area contributed by atoms with Crippen LogP contribution in [0.5, 0.6) is 17.2 Å². The maximum Gasteiger partial charge on any atom is 0.191 e. The number of hydrogen-bond acceptors (Lipinski definition) is 7. The first-order chi connectivity index (χ1) is 17.6. The Kier molecular flexibility index (Phi) is 7.33. The smallest absolute Gasteiger partial charge is 0.191 e. The second-order valence-corrected chi connectivity index (χ2v) is 10.6. The van der Waals surface area contributed by atoms with Crippen molar-refractivity contribution in [3.63, 3.8) is 0 Å². The Balaban J connectivity index is 1.88. The van der Waals surface area contributed by atoms with Crippen molar-refractivity contribution in [2.24, 2.45) is 0 Å². The van der Waals surface area contributed by atoms with Crippen molar-refractivity contribution < 1.29 is 31.8 Å². The fourth-order valence-electron chi connectivity index (χ4n) is 4.02. The molecule has 0 amide bonds. The maximum atomic E-state index is 14.0. The number of aromatic amines is 1. The molecule has 4 rings (SSSR count). The van der Waals surface area contributed by atoms with Crippen molar-refractivity contribution in [1.82, 2.24) is 4.98 Å². The molecule has 0 saturated carbocycles. The van der Waals surface area contributed by atoms with E-state index < -0.39 is 27.5 Å². The molecule has 3 aromatic carbocycles. The van der Waals surface area contributed by atoms with E-state index in [0.717, 1.165) is 6.26 Å². The highest BCUT2D eigenvalue weighted by atomic mass is 35.5. The molecule has 0 aliphatic rings. The molecule has 1 atom stereocenters. The highest BCUT2D eigenvalue weighted by Gasteiger charge is 2.29. The van der Waals surface area contributed by atoms with Gasteiger partial charge in [-0.2, -0.15) is 0 Å². The van der Waals surface area contributed by atoms with Crippen LogP contribution in [0.15, 0.2) is 59.6 Å². The van der Waals surface area contributed by atoms with Crippen molar-refractivity contribution >= 4 is 43.8 Å². The Bertz CT molecular complexity index is 1600. The first-order valence-electron chi connectivity index (χ1n) is 10.9. The number of ether oxygens (including phenoxy) is 3. The SMILES string of the molecule is COc1cc(NC(C(=O)c2c[nH]c3c(Cl)c(OC)ccc23)c2ccc(F)cc2OC)cc(S(C)(=O)=O)c1. The van der Waals surface area contributed by atoms with Gasteiger partial charge in [-0.1, -0.05) is 11.6 Å². The number of halogens is 2. The van der Waals surface area contributed by atoms with E-state index in [1.807, 2.05) is 0 Å². The van der Waals surface area contributed by atoms with Gasteiger partial charge in [0, 0.05) is 46.8 Å². The predicted octanol–water partition coefficient (Wildman–Crippen LogP) is 5.43. The quantitative estimate of drug-likeness (QED) is 0.270. The summed E-state index contributed by atoms with van der Waals surface area (Å²) in [7, 11) is 0.666. The predicted molar refractivity (Wildman–Crippen MR) is 140 cm³/mol. The van der Waals surface area contributed by atoms with Crippen molar-refractivity contribution in [1.29, 1.82) is 0 Å². The van der Waals surface area contributed by atoms with Crippen LogP contribution < -0.4 is 19.5 Å². The zero-order chi connectivity index (χ0) is 26.9. The first kappa shape index (κ1) is 26.3. The maximum absolute atomic E-state index is 14.0. The average molecular weight is 547 g/mol. The van der Waals surface area contributed by atoms with Gasteiger partial charge < -0.3 is 24.5 Å². The van der Waals surface area contributed by atoms with Crippen molar-refractivity contribution in [3.8, 4) is 17.2 Å². The van der Waals surface area contributed by atoms with E-state index in [0.29, 0.717) is 38.5 Å². The van der Waals surface area contributed by atoms with Gasteiger partial charge in [-0.05, 0) is 36.4 Å². The minimum absolute atomic E-state index is 0.00223.